The number of nitrogens with zero attached hydrogens (tertiary/aromatic N) is 6. The molecular weight excluding hydrogens is 478 g/mol. The minimum Gasteiger partial charge on any atom is -0.346 e. The highest BCUT2D eigenvalue weighted by Crippen LogP contribution is 2.44. The van der Waals surface area contributed by atoms with Crippen LogP contribution in [0.1, 0.15) is 24.4 Å². The van der Waals surface area contributed by atoms with Crippen LogP contribution in [-0.2, 0) is 15.3 Å². The van der Waals surface area contributed by atoms with Crippen LogP contribution in [0.25, 0.3) is 22.3 Å². The van der Waals surface area contributed by atoms with E-state index in [2.05, 4.69) is 36.4 Å². The average Bonchev–Trinajstić information content (AvgIpc) is 3.58. The lowest BCUT2D eigenvalue weighted by Gasteiger charge is -2.36. The number of aromatic nitrogens is 6. The number of nitrogens with one attached hydrogen (secondary N) is 2. The molecule has 2 N–H and O–H groups in total. The number of rotatable bonds is 6. The van der Waals surface area contributed by atoms with Crippen LogP contribution in [0.4, 0.5) is 8.78 Å². The Labute approximate surface area is 199 Å². The molecule has 35 heavy (non-hydrogen) atoms. The van der Waals surface area contributed by atoms with Gasteiger partial charge in [0.2, 0.25) is 5.95 Å². The Morgan fingerprint density at radius 2 is 2.17 bits per heavy atom. The van der Waals surface area contributed by atoms with Crippen molar-refractivity contribution in [1.29, 1.82) is 5.26 Å². The summed E-state index contributed by atoms with van der Waals surface area (Å²) in [6.45, 7) is 0.710. The molecule has 13 heteroatoms. The van der Waals surface area contributed by atoms with Crippen LogP contribution in [-0.4, -0.2) is 57.5 Å². The molecule has 180 valence electrons. The van der Waals surface area contributed by atoms with E-state index in [9.17, 15) is 18.1 Å². The Morgan fingerprint density at radius 3 is 2.89 bits per heavy atom. The van der Waals surface area contributed by atoms with Crippen molar-refractivity contribution in [3.8, 4) is 17.3 Å². The fraction of sp³-hybridized carbons (Fsp3) is 0.318. The quantitative estimate of drug-likeness (QED) is 0.386. The third-order valence-corrected chi connectivity index (χ3v) is 7.43. The average molecular weight is 499 g/mol. The highest BCUT2D eigenvalue weighted by molar-refractivity contribution is 7.90. The first kappa shape index (κ1) is 23.0. The fourth-order valence-electron chi connectivity index (χ4n) is 4.83. The zero-order valence-electron chi connectivity index (χ0n) is 18.5. The zero-order chi connectivity index (χ0) is 24.8. The van der Waals surface area contributed by atoms with Gasteiger partial charge in [0, 0.05) is 47.1 Å². The molecule has 0 aromatic carbocycles. The van der Waals surface area contributed by atoms with Crippen molar-refractivity contribution in [2.75, 3.05) is 19.3 Å². The molecular formula is C22H20F2N8O2S. The van der Waals surface area contributed by atoms with Crippen molar-refractivity contribution in [2.24, 2.45) is 0 Å². The summed E-state index contributed by atoms with van der Waals surface area (Å²) in [6.07, 6.45) is 7.55. The van der Waals surface area contributed by atoms with E-state index in [4.69, 9.17) is 0 Å². The number of sulfone groups is 1. The molecule has 0 saturated carbocycles. The summed E-state index contributed by atoms with van der Waals surface area (Å²) in [5, 5.41) is 17.1. The van der Waals surface area contributed by atoms with Gasteiger partial charge >= 0.3 is 0 Å². The predicted octanol–water partition coefficient (Wildman–Crippen LogP) is 2.28. The van der Waals surface area contributed by atoms with Crippen molar-refractivity contribution in [3.05, 3.63) is 54.4 Å². The largest absolute Gasteiger partial charge is 0.346 e. The van der Waals surface area contributed by atoms with Crippen LogP contribution >= 0.6 is 0 Å². The molecule has 1 aliphatic heterocycles. The number of aromatic amines is 1. The van der Waals surface area contributed by atoms with Crippen molar-refractivity contribution in [2.45, 2.75) is 29.3 Å². The Morgan fingerprint density at radius 1 is 1.34 bits per heavy atom. The Balaban J connectivity index is 1.63. The van der Waals surface area contributed by atoms with Gasteiger partial charge in [0.25, 0.3) is 0 Å². The molecule has 5 rings (SSSR count). The number of hydrogen-bond donors (Lipinski definition) is 2. The second kappa shape index (κ2) is 8.47. The molecule has 5 heterocycles. The topological polar surface area (TPSA) is 142 Å². The van der Waals surface area contributed by atoms with E-state index in [0.717, 1.165) is 17.7 Å². The van der Waals surface area contributed by atoms with Crippen LogP contribution in [0, 0.1) is 23.1 Å². The van der Waals surface area contributed by atoms with Gasteiger partial charge in [0.1, 0.15) is 12.0 Å². The molecule has 0 amide bonds. The van der Waals surface area contributed by atoms with E-state index < -0.39 is 38.1 Å². The first-order chi connectivity index (χ1) is 16.7. The first-order valence-electron chi connectivity index (χ1n) is 10.7. The molecule has 4 aromatic rings. The van der Waals surface area contributed by atoms with Gasteiger partial charge in [-0.3, -0.25) is 4.68 Å². The monoisotopic (exact) mass is 498 g/mol. The maximum atomic E-state index is 15.3. The second-order valence-electron chi connectivity index (χ2n) is 8.52. The number of nitriles is 1. The van der Waals surface area contributed by atoms with Gasteiger partial charge in [-0.05, 0) is 25.1 Å². The predicted molar refractivity (Wildman–Crippen MR) is 121 cm³/mol. The van der Waals surface area contributed by atoms with Crippen LogP contribution in [0.15, 0.2) is 42.1 Å². The van der Waals surface area contributed by atoms with Gasteiger partial charge in [-0.25, -0.2) is 27.8 Å². The summed E-state index contributed by atoms with van der Waals surface area (Å²) >= 11 is 0. The van der Waals surface area contributed by atoms with Crippen molar-refractivity contribution >= 4 is 20.9 Å². The maximum absolute atomic E-state index is 15.3. The van der Waals surface area contributed by atoms with Gasteiger partial charge in [0.05, 0.1) is 30.4 Å². The third kappa shape index (κ3) is 3.84. The molecule has 10 nitrogen and oxygen atoms in total. The molecule has 0 unspecified atom stereocenters. The molecule has 1 saturated heterocycles. The molecule has 0 aliphatic carbocycles. The summed E-state index contributed by atoms with van der Waals surface area (Å²) in [6, 6.07) is 4.16. The number of fused-ring (bicyclic) bond motifs is 1. The van der Waals surface area contributed by atoms with E-state index in [1.54, 1.807) is 23.3 Å². The molecule has 0 bridgehead atoms. The maximum Gasteiger partial charge on any atom is 0.218 e. The smallest absolute Gasteiger partial charge is 0.218 e. The van der Waals surface area contributed by atoms with Gasteiger partial charge in [-0.1, -0.05) is 0 Å². The van der Waals surface area contributed by atoms with Crippen LogP contribution in [0.2, 0.25) is 0 Å². The third-order valence-electron chi connectivity index (χ3n) is 6.44. The molecule has 1 fully saturated rings. The summed E-state index contributed by atoms with van der Waals surface area (Å²) in [7, 11) is -4.07. The van der Waals surface area contributed by atoms with E-state index in [1.165, 1.54) is 6.33 Å². The second-order valence-corrected chi connectivity index (χ2v) is 10.4. The van der Waals surface area contributed by atoms with E-state index >= 15 is 4.39 Å². The minimum atomic E-state index is -4.07. The van der Waals surface area contributed by atoms with Crippen LogP contribution in [0.5, 0.6) is 0 Å². The molecule has 2 atom stereocenters. The Bertz CT molecular complexity index is 1570. The number of halogens is 2. The lowest BCUT2D eigenvalue weighted by molar-refractivity contribution is 0.260. The summed E-state index contributed by atoms with van der Waals surface area (Å²) in [4.78, 5) is 15.0. The van der Waals surface area contributed by atoms with Crippen LogP contribution < -0.4 is 5.32 Å². The van der Waals surface area contributed by atoms with Crippen LogP contribution in [0.3, 0.4) is 0 Å². The summed E-state index contributed by atoms with van der Waals surface area (Å²) in [5.41, 5.74) is 0.760. The molecule has 0 radical (unpaired) electrons. The van der Waals surface area contributed by atoms with E-state index in [-0.39, 0.29) is 18.5 Å². The first-order valence-corrected chi connectivity index (χ1v) is 12.6. The lowest BCUT2D eigenvalue weighted by Crippen LogP contribution is -2.40. The number of hydrogen-bond acceptors (Lipinski definition) is 8. The van der Waals surface area contributed by atoms with E-state index in [0.29, 0.717) is 29.9 Å². The molecule has 4 aromatic heterocycles. The van der Waals surface area contributed by atoms with Gasteiger partial charge < -0.3 is 10.3 Å². The fourth-order valence-corrected chi connectivity index (χ4v) is 5.49. The Hall–Kier alpha value is -3.76. The standard InChI is InChI=1S/C22H20F2N8O2S/c1-35(33,34)21-16(23)8-15(19(24)31-21)22(4-7-26-11-22)17(2-5-25)32-10-13(9-30-32)18-14-3-6-27-20(14)29-12-28-18/h3,6,8-10,12,17,26H,2,4,7,11H2,1H3,(H,27,28,29)/t17-,22+/m0/s1. The zero-order valence-corrected chi connectivity index (χ0v) is 19.4. The highest BCUT2D eigenvalue weighted by atomic mass is 32.2. The van der Waals surface area contributed by atoms with Crippen molar-refractivity contribution in [3.63, 3.8) is 0 Å². The SMILES string of the molecule is CS(=O)(=O)c1nc(F)c([C@@]2([C@H](CC#N)n3cc(-c4ncnc5[nH]ccc45)cn3)CCNC2)cc1F. The number of H-pyrrole nitrogens is 1. The van der Waals surface area contributed by atoms with Gasteiger partial charge in [-0.2, -0.15) is 14.8 Å². The normalized spacial score (nSPS) is 19.1. The van der Waals surface area contributed by atoms with E-state index in [1.807, 2.05) is 6.07 Å². The highest BCUT2D eigenvalue weighted by Gasteiger charge is 2.47. The van der Waals surface area contributed by atoms with Gasteiger partial charge in [-0.15, -0.1) is 0 Å². The van der Waals surface area contributed by atoms with Crippen molar-refractivity contribution in [1.82, 2.24) is 35.0 Å². The van der Waals surface area contributed by atoms with Crippen molar-refractivity contribution < 1.29 is 17.2 Å². The van der Waals surface area contributed by atoms with Gasteiger partial charge in [0.15, 0.2) is 20.7 Å². The summed E-state index contributed by atoms with van der Waals surface area (Å²) < 4.78 is 55.3. The lowest BCUT2D eigenvalue weighted by atomic mass is 9.72. The molecule has 0 spiro atoms. The number of pyridine rings is 1. The summed E-state index contributed by atoms with van der Waals surface area (Å²) in [5.74, 6) is -2.22. The minimum absolute atomic E-state index is 0.0545. The molecule has 1 aliphatic rings. The Kier molecular flexibility index (Phi) is 5.57.